The number of nitrogens with zero attached hydrogens (tertiary/aromatic N) is 2. The highest BCUT2D eigenvalue weighted by molar-refractivity contribution is 5.20. The second kappa shape index (κ2) is 5.36. The third kappa shape index (κ3) is 2.62. The number of rotatable bonds is 3. The molecule has 0 radical (unpaired) electrons. The Kier molecular flexibility index (Phi) is 3.42. The molecule has 0 N–H and O–H groups in total. The molecule has 18 heavy (non-hydrogen) atoms. The van der Waals surface area contributed by atoms with Crippen molar-refractivity contribution in [2.24, 2.45) is 0 Å². The smallest absolute Gasteiger partial charge is 0.180 e. The van der Waals surface area contributed by atoms with E-state index in [1.807, 2.05) is 6.20 Å². The van der Waals surface area contributed by atoms with Gasteiger partial charge in [-0.25, -0.2) is 4.98 Å². The Balaban J connectivity index is 1.55. The molecule has 3 heteroatoms. The van der Waals surface area contributed by atoms with Crippen LogP contribution in [0.5, 0.6) is 0 Å². The lowest BCUT2D eigenvalue weighted by atomic mass is 9.89. The topological polar surface area (TPSA) is 29.3 Å². The Labute approximate surface area is 107 Å². The zero-order chi connectivity index (χ0) is 12.2. The van der Waals surface area contributed by atoms with E-state index < -0.39 is 0 Å². The van der Waals surface area contributed by atoms with E-state index in [1.165, 1.54) is 24.8 Å². The van der Waals surface area contributed by atoms with E-state index in [1.54, 1.807) is 0 Å². The summed E-state index contributed by atoms with van der Waals surface area (Å²) in [5, 5.41) is 0. The zero-order valence-electron chi connectivity index (χ0n) is 10.5. The van der Waals surface area contributed by atoms with Gasteiger partial charge in [0.15, 0.2) is 6.39 Å². The maximum atomic E-state index is 5.29. The summed E-state index contributed by atoms with van der Waals surface area (Å²) in [4.78, 5) is 6.40. The number of aromatic nitrogens is 1. The first-order valence-corrected chi connectivity index (χ1v) is 6.56. The van der Waals surface area contributed by atoms with E-state index in [4.69, 9.17) is 4.42 Å². The number of piperidine rings is 1. The lowest BCUT2D eigenvalue weighted by molar-refractivity contribution is 0.191. The average Bonchev–Trinajstić information content (AvgIpc) is 2.94. The summed E-state index contributed by atoms with van der Waals surface area (Å²) in [5.41, 5.74) is 1.48. The molecule has 0 spiro atoms. The fourth-order valence-electron chi connectivity index (χ4n) is 2.69. The van der Waals surface area contributed by atoms with Gasteiger partial charge in [0.25, 0.3) is 0 Å². The van der Waals surface area contributed by atoms with Crippen LogP contribution >= 0.6 is 0 Å². The number of benzene rings is 1. The second-order valence-electron chi connectivity index (χ2n) is 4.93. The van der Waals surface area contributed by atoms with Crippen molar-refractivity contribution in [1.29, 1.82) is 0 Å². The van der Waals surface area contributed by atoms with Gasteiger partial charge in [-0.1, -0.05) is 30.3 Å². The molecule has 0 aliphatic carbocycles. The Morgan fingerprint density at radius 2 is 1.94 bits per heavy atom. The minimum absolute atomic E-state index is 0.720. The first kappa shape index (κ1) is 11.5. The average molecular weight is 242 g/mol. The molecule has 0 unspecified atom stereocenters. The van der Waals surface area contributed by atoms with E-state index in [0.717, 1.165) is 31.3 Å². The van der Waals surface area contributed by atoms with Crippen molar-refractivity contribution in [1.82, 2.24) is 9.88 Å². The van der Waals surface area contributed by atoms with Crippen LogP contribution in [0.25, 0.3) is 0 Å². The molecular weight excluding hydrogens is 224 g/mol. The summed E-state index contributed by atoms with van der Waals surface area (Å²) >= 11 is 0. The van der Waals surface area contributed by atoms with Crippen LogP contribution in [0.15, 0.2) is 47.3 Å². The molecule has 1 aromatic carbocycles. The molecule has 1 saturated heterocycles. The minimum atomic E-state index is 0.720. The standard InChI is InChI=1S/C15H18N2O/c1-2-4-13(5-3-1)14-6-8-17(9-7-14)11-15-10-16-12-18-15/h1-5,10,12,14H,6-9,11H2. The molecule has 3 rings (SSSR count). The predicted molar refractivity (Wildman–Crippen MR) is 70.2 cm³/mol. The Hall–Kier alpha value is -1.61. The Bertz CT molecular complexity index is 459. The van der Waals surface area contributed by atoms with Gasteiger partial charge >= 0.3 is 0 Å². The summed E-state index contributed by atoms with van der Waals surface area (Å²) in [5.74, 6) is 1.69. The molecule has 1 fully saturated rings. The highest BCUT2D eigenvalue weighted by Crippen LogP contribution is 2.28. The molecule has 0 amide bonds. The van der Waals surface area contributed by atoms with E-state index in [9.17, 15) is 0 Å². The summed E-state index contributed by atoms with van der Waals surface area (Å²) in [7, 11) is 0. The SMILES string of the molecule is c1ccc(C2CCN(Cc3cnco3)CC2)cc1. The highest BCUT2D eigenvalue weighted by Gasteiger charge is 2.20. The molecule has 1 aliphatic heterocycles. The first-order chi connectivity index (χ1) is 8.92. The lowest BCUT2D eigenvalue weighted by Crippen LogP contribution is -2.32. The third-order valence-electron chi connectivity index (χ3n) is 3.72. The summed E-state index contributed by atoms with van der Waals surface area (Å²) < 4.78 is 5.29. The van der Waals surface area contributed by atoms with Crippen LogP contribution in [0.4, 0.5) is 0 Å². The summed E-state index contributed by atoms with van der Waals surface area (Å²) in [6, 6.07) is 10.8. The highest BCUT2D eigenvalue weighted by atomic mass is 16.3. The van der Waals surface area contributed by atoms with Gasteiger partial charge in [-0.15, -0.1) is 0 Å². The van der Waals surface area contributed by atoms with Crippen molar-refractivity contribution in [3.8, 4) is 0 Å². The van der Waals surface area contributed by atoms with Gasteiger partial charge in [0.2, 0.25) is 0 Å². The molecule has 1 aromatic heterocycles. The van der Waals surface area contributed by atoms with Crippen molar-refractivity contribution in [3.05, 3.63) is 54.2 Å². The molecule has 2 heterocycles. The predicted octanol–water partition coefficient (Wildman–Crippen LogP) is 3.05. The van der Waals surface area contributed by atoms with Gasteiger partial charge in [0.05, 0.1) is 12.7 Å². The maximum absolute atomic E-state index is 5.29. The molecule has 94 valence electrons. The molecule has 0 bridgehead atoms. The van der Waals surface area contributed by atoms with E-state index >= 15 is 0 Å². The number of likely N-dealkylation sites (tertiary alicyclic amines) is 1. The molecule has 0 saturated carbocycles. The normalized spacial score (nSPS) is 18.0. The maximum Gasteiger partial charge on any atom is 0.180 e. The van der Waals surface area contributed by atoms with Gasteiger partial charge < -0.3 is 4.42 Å². The van der Waals surface area contributed by atoms with Gasteiger partial charge in [0, 0.05) is 0 Å². The third-order valence-corrected chi connectivity index (χ3v) is 3.72. The summed E-state index contributed by atoms with van der Waals surface area (Å²) in [6.07, 6.45) is 5.78. The van der Waals surface area contributed by atoms with Gasteiger partial charge in [-0.3, -0.25) is 4.90 Å². The van der Waals surface area contributed by atoms with Crippen molar-refractivity contribution in [2.45, 2.75) is 25.3 Å². The zero-order valence-corrected chi connectivity index (χ0v) is 10.5. The first-order valence-electron chi connectivity index (χ1n) is 6.56. The largest absolute Gasteiger partial charge is 0.447 e. The Morgan fingerprint density at radius 1 is 1.17 bits per heavy atom. The molecule has 2 aromatic rings. The van der Waals surface area contributed by atoms with Crippen LogP contribution in [0.3, 0.4) is 0 Å². The van der Waals surface area contributed by atoms with Crippen LogP contribution in [0, 0.1) is 0 Å². The fourth-order valence-corrected chi connectivity index (χ4v) is 2.69. The number of hydrogen-bond acceptors (Lipinski definition) is 3. The Morgan fingerprint density at radius 3 is 2.61 bits per heavy atom. The van der Waals surface area contributed by atoms with Crippen molar-refractivity contribution in [3.63, 3.8) is 0 Å². The quantitative estimate of drug-likeness (QED) is 0.828. The van der Waals surface area contributed by atoms with Crippen LogP contribution in [0.2, 0.25) is 0 Å². The number of hydrogen-bond donors (Lipinski definition) is 0. The lowest BCUT2D eigenvalue weighted by Gasteiger charge is -2.31. The van der Waals surface area contributed by atoms with Gasteiger partial charge in [-0.05, 0) is 37.4 Å². The van der Waals surface area contributed by atoms with Crippen molar-refractivity contribution in [2.75, 3.05) is 13.1 Å². The van der Waals surface area contributed by atoms with E-state index in [-0.39, 0.29) is 0 Å². The van der Waals surface area contributed by atoms with Crippen LogP contribution in [-0.4, -0.2) is 23.0 Å². The van der Waals surface area contributed by atoms with Crippen molar-refractivity contribution >= 4 is 0 Å². The molecular formula is C15H18N2O. The minimum Gasteiger partial charge on any atom is -0.447 e. The van der Waals surface area contributed by atoms with Gasteiger partial charge in [0.1, 0.15) is 5.76 Å². The summed E-state index contributed by atoms with van der Waals surface area (Å²) in [6.45, 7) is 3.17. The van der Waals surface area contributed by atoms with Crippen LogP contribution in [0.1, 0.15) is 30.1 Å². The van der Waals surface area contributed by atoms with Gasteiger partial charge in [-0.2, -0.15) is 0 Å². The fraction of sp³-hybridized carbons (Fsp3) is 0.400. The van der Waals surface area contributed by atoms with Crippen LogP contribution < -0.4 is 0 Å². The molecule has 1 aliphatic rings. The molecule has 3 nitrogen and oxygen atoms in total. The molecule has 0 atom stereocenters. The second-order valence-corrected chi connectivity index (χ2v) is 4.93. The van der Waals surface area contributed by atoms with E-state index in [2.05, 4.69) is 40.2 Å². The van der Waals surface area contributed by atoms with E-state index in [0.29, 0.717) is 0 Å². The number of oxazole rings is 1. The monoisotopic (exact) mass is 242 g/mol. The van der Waals surface area contributed by atoms with Crippen molar-refractivity contribution < 1.29 is 4.42 Å². The van der Waals surface area contributed by atoms with Crippen LogP contribution in [-0.2, 0) is 6.54 Å².